The summed E-state index contributed by atoms with van der Waals surface area (Å²) in [5.41, 5.74) is 14.4. The van der Waals surface area contributed by atoms with E-state index in [4.69, 9.17) is 17.3 Å². The first-order valence-corrected chi connectivity index (χ1v) is 8.03. The summed E-state index contributed by atoms with van der Waals surface area (Å²) in [5.74, 6) is 0.539. The normalized spacial score (nSPS) is 15.9. The molecule has 2 aromatic rings. The van der Waals surface area contributed by atoms with Crippen LogP contribution in [0.4, 0.5) is 17.1 Å². The van der Waals surface area contributed by atoms with Crippen LogP contribution >= 0.6 is 11.6 Å². The van der Waals surface area contributed by atoms with Crippen molar-refractivity contribution in [3.05, 3.63) is 52.0 Å². The van der Waals surface area contributed by atoms with Crippen LogP contribution in [-0.4, -0.2) is 11.7 Å². The lowest BCUT2D eigenvalue weighted by Gasteiger charge is -2.23. The van der Waals surface area contributed by atoms with Crippen molar-refractivity contribution in [3.8, 4) is 0 Å². The lowest BCUT2D eigenvalue weighted by atomic mass is 10.0. The van der Waals surface area contributed by atoms with E-state index in [2.05, 4.69) is 10.4 Å². The maximum atomic E-state index is 12.5. The van der Waals surface area contributed by atoms with Crippen molar-refractivity contribution in [2.24, 2.45) is 4.99 Å². The number of nitrogens with two attached hydrogens (primary N) is 1. The zero-order chi connectivity index (χ0) is 17.4. The maximum absolute atomic E-state index is 12.5. The van der Waals surface area contributed by atoms with Gasteiger partial charge in [-0.1, -0.05) is 17.7 Å². The molecule has 1 saturated heterocycles. The summed E-state index contributed by atoms with van der Waals surface area (Å²) in [6.07, 6.45) is 0.218. The van der Waals surface area contributed by atoms with Crippen LogP contribution in [0.3, 0.4) is 0 Å². The van der Waals surface area contributed by atoms with Gasteiger partial charge < -0.3 is 5.73 Å². The molecule has 0 unspecified atom stereocenters. The van der Waals surface area contributed by atoms with Crippen LogP contribution in [-0.2, 0) is 4.79 Å². The number of hydrazine groups is 1. The Bertz CT molecular complexity index is 843. The molecule has 2 aromatic carbocycles. The number of carbonyl (C=O) groups excluding carboxylic acids is 1. The fourth-order valence-electron chi connectivity index (χ4n) is 2.90. The number of hydrogen-bond donors (Lipinski definition) is 2. The third-order valence-corrected chi connectivity index (χ3v) is 4.37. The minimum atomic E-state index is -0.0582. The van der Waals surface area contributed by atoms with Gasteiger partial charge in [0, 0.05) is 10.7 Å². The molecule has 6 heteroatoms. The van der Waals surface area contributed by atoms with Crippen LogP contribution in [0.5, 0.6) is 0 Å². The van der Waals surface area contributed by atoms with Gasteiger partial charge in [-0.2, -0.15) is 0 Å². The van der Waals surface area contributed by atoms with E-state index in [1.165, 1.54) is 5.01 Å². The molecule has 1 fully saturated rings. The van der Waals surface area contributed by atoms with Gasteiger partial charge in [0.15, 0.2) is 0 Å². The van der Waals surface area contributed by atoms with E-state index in [-0.39, 0.29) is 12.3 Å². The molecule has 124 valence electrons. The SMILES string of the molecule is Cc1cc(C)c(N2NC(=Nc3ccc(Cl)cc3)CC2=O)c(C)c1N. The first kappa shape index (κ1) is 16.3. The van der Waals surface area contributed by atoms with Crippen LogP contribution in [0.15, 0.2) is 35.3 Å². The highest BCUT2D eigenvalue weighted by molar-refractivity contribution is 6.30. The highest BCUT2D eigenvalue weighted by Crippen LogP contribution is 2.32. The van der Waals surface area contributed by atoms with Crippen LogP contribution in [0.2, 0.25) is 5.02 Å². The van der Waals surface area contributed by atoms with Crippen LogP contribution in [0.25, 0.3) is 0 Å². The van der Waals surface area contributed by atoms with Crippen LogP contribution in [0, 0.1) is 20.8 Å². The van der Waals surface area contributed by atoms with E-state index in [1.807, 2.05) is 39.0 Å². The number of hydrogen-bond acceptors (Lipinski definition) is 3. The number of rotatable bonds is 2. The van der Waals surface area contributed by atoms with Crippen molar-refractivity contribution in [3.63, 3.8) is 0 Å². The molecular weight excluding hydrogens is 324 g/mol. The molecule has 0 atom stereocenters. The van der Waals surface area contributed by atoms with Crippen molar-refractivity contribution in [2.75, 3.05) is 10.7 Å². The number of aliphatic imine (C=N–C) groups is 1. The van der Waals surface area contributed by atoms with Gasteiger partial charge in [-0.15, -0.1) is 0 Å². The maximum Gasteiger partial charge on any atom is 0.253 e. The van der Waals surface area contributed by atoms with Gasteiger partial charge in [-0.3, -0.25) is 10.2 Å². The molecule has 3 rings (SSSR count). The fourth-order valence-corrected chi connectivity index (χ4v) is 3.03. The number of nitrogens with zero attached hydrogens (tertiary/aromatic N) is 2. The molecule has 0 saturated carbocycles. The monoisotopic (exact) mass is 342 g/mol. The zero-order valence-corrected chi connectivity index (χ0v) is 14.6. The number of anilines is 2. The number of amidine groups is 1. The van der Waals surface area contributed by atoms with Crippen molar-refractivity contribution in [1.82, 2.24) is 5.43 Å². The molecule has 1 amide bonds. The third kappa shape index (κ3) is 2.95. The fraction of sp³-hybridized carbons (Fsp3) is 0.222. The minimum absolute atomic E-state index is 0.0582. The molecule has 3 N–H and O–H groups in total. The number of nitrogens with one attached hydrogen (secondary N) is 1. The average Bonchev–Trinajstić information content (AvgIpc) is 2.88. The summed E-state index contributed by atoms with van der Waals surface area (Å²) in [6, 6.07) is 9.14. The third-order valence-electron chi connectivity index (χ3n) is 4.11. The van der Waals surface area contributed by atoms with Gasteiger partial charge in [-0.25, -0.2) is 10.0 Å². The molecule has 0 aromatic heterocycles. The second kappa shape index (κ2) is 6.17. The Morgan fingerprint density at radius 1 is 1.17 bits per heavy atom. The summed E-state index contributed by atoms with van der Waals surface area (Å²) in [5, 5.41) is 2.19. The van der Waals surface area contributed by atoms with Gasteiger partial charge in [0.1, 0.15) is 5.84 Å². The predicted molar refractivity (Wildman–Crippen MR) is 98.9 cm³/mol. The Kier molecular flexibility index (Phi) is 4.20. The lowest BCUT2D eigenvalue weighted by molar-refractivity contribution is -0.116. The summed E-state index contributed by atoms with van der Waals surface area (Å²) in [7, 11) is 0. The minimum Gasteiger partial charge on any atom is -0.398 e. The second-order valence-corrected chi connectivity index (χ2v) is 6.39. The summed E-state index contributed by atoms with van der Waals surface area (Å²) in [4.78, 5) is 16.9. The van der Waals surface area contributed by atoms with Crippen molar-refractivity contribution < 1.29 is 4.79 Å². The van der Waals surface area contributed by atoms with E-state index < -0.39 is 0 Å². The van der Waals surface area contributed by atoms with E-state index in [0.29, 0.717) is 16.5 Å². The van der Waals surface area contributed by atoms with E-state index in [9.17, 15) is 4.79 Å². The second-order valence-electron chi connectivity index (χ2n) is 5.95. The number of nitrogen functional groups attached to an aromatic ring is 1. The molecule has 0 aliphatic carbocycles. The van der Waals surface area contributed by atoms with Gasteiger partial charge in [-0.05, 0) is 61.7 Å². The van der Waals surface area contributed by atoms with Gasteiger partial charge >= 0.3 is 0 Å². The number of aryl methyl sites for hydroxylation is 2. The Labute approximate surface area is 146 Å². The van der Waals surface area contributed by atoms with E-state index in [1.54, 1.807) is 12.1 Å². The highest BCUT2D eigenvalue weighted by Gasteiger charge is 2.29. The van der Waals surface area contributed by atoms with Gasteiger partial charge in [0.2, 0.25) is 0 Å². The van der Waals surface area contributed by atoms with Crippen LogP contribution < -0.4 is 16.2 Å². The quantitative estimate of drug-likeness (QED) is 0.815. The average molecular weight is 343 g/mol. The Balaban J connectivity index is 1.94. The van der Waals surface area contributed by atoms with E-state index >= 15 is 0 Å². The first-order chi connectivity index (χ1) is 11.4. The molecule has 0 bridgehead atoms. The Hall–Kier alpha value is -2.53. The molecule has 5 nitrogen and oxygen atoms in total. The summed E-state index contributed by atoms with van der Waals surface area (Å²) < 4.78 is 0. The molecule has 0 spiro atoms. The first-order valence-electron chi connectivity index (χ1n) is 7.66. The topological polar surface area (TPSA) is 70.7 Å². The smallest absolute Gasteiger partial charge is 0.253 e. The van der Waals surface area contributed by atoms with Crippen molar-refractivity contribution in [2.45, 2.75) is 27.2 Å². The molecule has 0 radical (unpaired) electrons. The Morgan fingerprint density at radius 3 is 2.50 bits per heavy atom. The summed E-state index contributed by atoms with van der Waals surface area (Å²) in [6.45, 7) is 5.86. The predicted octanol–water partition coefficient (Wildman–Crippen LogP) is 3.82. The van der Waals surface area contributed by atoms with Gasteiger partial charge in [0.05, 0.1) is 17.8 Å². The molecular formula is C18H19ClN4O. The van der Waals surface area contributed by atoms with Crippen LogP contribution in [0.1, 0.15) is 23.1 Å². The molecule has 1 heterocycles. The molecule has 24 heavy (non-hydrogen) atoms. The largest absolute Gasteiger partial charge is 0.398 e. The van der Waals surface area contributed by atoms with E-state index in [0.717, 1.165) is 28.1 Å². The highest BCUT2D eigenvalue weighted by atomic mass is 35.5. The van der Waals surface area contributed by atoms with Gasteiger partial charge in [0.25, 0.3) is 5.91 Å². The standard InChI is InChI=1S/C18H19ClN4O/c1-10-8-11(2)18(12(3)17(10)20)23-16(24)9-15(22-23)21-14-6-4-13(19)5-7-14/h4-8H,9,20H2,1-3H3,(H,21,22). The molecule has 1 aliphatic rings. The zero-order valence-electron chi connectivity index (χ0n) is 13.9. The number of amides is 1. The molecule has 1 aliphatic heterocycles. The summed E-state index contributed by atoms with van der Waals surface area (Å²) >= 11 is 5.88. The van der Waals surface area contributed by atoms with Crippen molar-refractivity contribution in [1.29, 1.82) is 0 Å². The number of benzene rings is 2. The Morgan fingerprint density at radius 2 is 1.83 bits per heavy atom. The number of halogens is 1. The lowest BCUT2D eigenvalue weighted by Crippen LogP contribution is -2.37. The number of carbonyl (C=O) groups is 1. The van der Waals surface area contributed by atoms with Crippen molar-refractivity contribution >= 4 is 40.4 Å².